The number of aromatic nitrogens is 1. The van der Waals surface area contributed by atoms with Crippen LogP contribution in [0, 0.1) is 5.41 Å². The minimum absolute atomic E-state index is 0.0423. The van der Waals surface area contributed by atoms with Crippen molar-refractivity contribution < 1.29 is 22.7 Å². The van der Waals surface area contributed by atoms with Gasteiger partial charge in [-0.15, -0.1) is 22.7 Å². The molecule has 8 nitrogen and oxygen atoms in total. The number of Topliss-reactive ketones (excluding diaryl/α,β-unsaturated/α-hetero) is 1. The van der Waals surface area contributed by atoms with Crippen molar-refractivity contribution in [3.63, 3.8) is 0 Å². The molecule has 4 rings (SSSR count). The van der Waals surface area contributed by atoms with E-state index >= 15 is 0 Å². The Kier molecular flexibility index (Phi) is 6.54. The van der Waals surface area contributed by atoms with Crippen molar-refractivity contribution in [2.45, 2.75) is 38.5 Å². The lowest BCUT2D eigenvalue weighted by molar-refractivity contribution is 0.0907. The van der Waals surface area contributed by atoms with E-state index < -0.39 is 15.9 Å². The first-order chi connectivity index (χ1) is 16.0. The number of ketones is 1. The van der Waals surface area contributed by atoms with Crippen molar-refractivity contribution in [3.8, 4) is 5.75 Å². The summed E-state index contributed by atoms with van der Waals surface area (Å²) < 4.78 is 33.2. The van der Waals surface area contributed by atoms with Crippen LogP contribution in [0.25, 0.3) is 0 Å². The van der Waals surface area contributed by atoms with Crippen LogP contribution in [-0.4, -0.2) is 38.7 Å². The molecular weight excluding hydrogens is 494 g/mol. The number of fused-ring (bicyclic) bond motifs is 1. The van der Waals surface area contributed by atoms with Crippen LogP contribution in [-0.2, 0) is 16.4 Å². The average Bonchev–Trinajstić information content (AvgIpc) is 3.41. The molecule has 0 spiro atoms. The largest absolute Gasteiger partial charge is 0.494 e. The molecule has 3 aromatic rings. The van der Waals surface area contributed by atoms with E-state index in [1.54, 1.807) is 29.6 Å². The number of hydrogen-bond donors (Lipinski definition) is 1. The number of ether oxygens (including phenoxy) is 1. The van der Waals surface area contributed by atoms with Crippen LogP contribution < -0.4 is 14.4 Å². The van der Waals surface area contributed by atoms with Crippen LogP contribution in [0.4, 0.5) is 10.8 Å². The van der Waals surface area contributed by atoms with Gasteiger partial charge in [0.05, 0.1) is 12.3 Å². The first-order valence-electron chi connectivity index (χ1n) is 10.7. The molecule has 0 fully saturated rings. The number of thiophene rings is 1. The van der Waals surface area contributed by atoms with Crippen LogP contribution in [0.3, 0.4) is 0 Å². The van der Waals surface area contributed by atoms with E-state index in [1.807, 2.05) is 20.8 Å². The highest BCUT2D eigenvalue weighted by Crippen LogP contribution is 2.39. The van der Waals surface area contributed by atoms with Gasteiger partial charge in [-0.2, -0.15) is 0 Å². The Morgan fingerprint density at radius 2 is 1.91 bits per heavy atom. The molecule has 0 saturated heterocycles. The molecule has 2 heterocycles. The normalized spacial score (nSPS) is 15.0. The minimum atomic E-state index is -4.00. The molecule has 0 atom stereocenters. The van der Waals surface area contributed by atoms with Gasteiger partial charge in [0.15, 0.2) is 10.9 Å². The van der Waals surface area contributed by atoms with Crippen molar-refractivity contribution in [1.29, 1.82) is 0 Å². The van der Waals surface area contributed by atoms with Crippen molar-refractivity contribution in [1.82, 2.24) is 4.98 Å². The van der Waals surface area contributed by atoms with Gasteiger partial charge < -0.3 is 4.74 Å². The molecular formula is C23H25N3O5S3. The van der Waals surface area contributed by atoms with Crippen molar-refractivity contribution in [2.24, 2.45) is 5.41 Å². The first kappa shape index (κ1) is 24.4. The standard InChI is InChI=1S/C23H25N3O5S3/c1-5-31-15-8-6-14(7-9-15)26(4)34(29,30)18-10-11-32-20(18)21(28)25-22-24-19-16(27)12-23(2,3)13-17(19)33-22/h6-11H,5,12-13H2,1-4H3,(H,24,25,28). The lowest BCUT2D eigenvalue weighted by Crippen LogP contribution is -2.28. The summed E-state index contributed by atoms with van der Waals surface area (Å²) in [5, 5.41) is 4.54. The Bertz CT molecular complexity index is 1340. The summed E-state index contributed by atoms with van der Waals surface area (Å²) in [5.41, 5.74) is 0.682. The number of carbonyl (C=O) groups excluding carboxylic acids is 2. The quantitative estimate of drug-likeness (QED) is 0.479. The van der Waals surface area contributed by atoms with Crippen LogP contribution >= 0.6 is 22.7 Å². The van der Waals surface area contributed by atoms with Gasteiger partial charge in [0.2, 0.25) is 0 Å². The fraction of sp³-hybridized carbons (Fsp3) is 0.348. The summed E-state index contributed by atoms with van der Waals surface area (Å²) in [4.78, 5) is 30.6. The van der Waals surface area contributed by atoms with Crippen molar-refractivity contribution >= 4 is 55.2 Å². The van der Waals surface area contributed by atoms with E-state index in [4.69, 9.17) is 4.74 Å². The van der Waals surface area contributed by atoms with Gasteiger partial charge >= 0.3 is 0 Å². The summed E-state index contributed by atoms with van der Waals surface area (Å²) in [7, 11) is -2.56. The summed E-state index contributed by atoms with van der Waals surface area (Å²) in [6, 6.07) is 8.09. The van der Waals surface area contributed by atoms with Gasteiger partial charge in [0.1, 0.15) is 21.2 Å². The molecule has 2 aromatic heterocycles. The van der Waals surface area contributed by atoms with Gasteiger partial charge in [-0.05, 0) is 54.5 Å². The number of hydrogen-bond acceptors (Lipinski definition) is 8. The van der Waals surface area contributed by atoms with Gasteiger partial charge in [0, 0.05) is 18.3 Å². The van der Waals surface area contributed by atoms with Gasteiger partial charge in [-0.1, -0.05) is 13.8 Å². The highest BCUT2D eigenvalue weighted by molar-refractivity contribution is 7.93. The third-order valence-corrected chi connectivity index (χ3v) is 9.29. The second-order valence-electron chi connectivity index (χ2n) is 8.70. The van der Waals surface area contributed by atoms with Crippen LogP contribution in [0.2, 0.25) is 0 Å². The minimum Gasteiger partial charge on any atom is -0.494 e. The third kappa shape index (κ3) is 4.73. The monoisotopic (exact) mass is 519 g/mol. The molecule has 1 amide bonds. The SMILES string of the molecule is CCOc1ccc(N(C)S(=O)(=O)c2ccsc2C(=O)Nc2nc3c(s2)CC(C)(C)CC3=O)cc1. The number of sulfonamides is 1. The number of amides is 1. The van der Waals surface area contributed by atoms with Crippen molar-refractivity contribution in [3.05, 3.63) is 51.2 Å². The number of rotatable bonds is 7. The van der Waals surface area contributed by atoms with Crippen LogP contribution in [0.5, 0.6) is 5.75 Å². The number of anilines is 2. The predicted octanol–water partition coefficient (Wildman–Crippen LogP) is 4.84. The van der Waals surface area contributed by atoms with Gasteiger partial charge in [-0.25, -0.2) is 13.4 Å². The fourth-order valence-electron chi connectivity index (χ4n) is 3.78. The number of nitrogens with zero attached hydrogens (tertiary/aromatic N) is 2. The van der Waals surface area contributed by atoms with E-state index in [1.165, 1.54) is 24.5 Å². The molecule has 0 unspecified atom stereocenters. The van der Waals surface area contributed by atoms with E-state index in [9.17, 15) is 18.0 Å². The molecule has 180 valence electrons. The Morgan fingerprint density at radius 1 is 1.21 bits per heavy atom. The molecule has 0 radical (unpaired) electrons. The molecule has 34 heavy (non-hydrogen) atoms. The Morgan fingerprint density at radius 3 is 2.59 bits per heavy atom. The lowest BCUT2D eigenvalue weighted by Gasteiger charge is -2.26. The Labute approximate surface area is 206 Å². The molecule has 0 bridgehead atoms. The number of thiazole rings is 1. The molecule has 1 aliphatic carbocycles. The predicted molar refractivity (Wildman–Crippen MR) is 134 cm³/mol. The van der Waals surface area contributed by atoms with E-state index in [0.717, 1.165) is 20.5 Å². The third-order valence-electron chi connectivity index (χ3n) is 5.45. The molecule has 0 aliphatic heterocycles. The Hall–Kier alpha value is -2.76. The average molecular weight is 520 g/mol. The molecule has 1 aromatic carbocycles. The zero-order valence-electron chi connectivity index (χ0n) is 19.2. The molecule has 0 saturated carbocycles. The lowest BCUT2D eigenvalue weighted by atomic mass is 9.78. The summed E-state index contributed by atoms with van der Waals surface area (Å²) in [5.74, 6) is 0.0199. The maximum atomic E-state index is 13.3. The summed E-state index contributed by atoms with van der Waals surface area (Å²) >= 11 is 2.29. The zero-order chi connectivity index (χ0) is 24.7. The Balaban J connectivity index is 1.56. The topological polar surface area (TPSA) is 106 Å². The number of carbonyl (C=O) groups is 2. The highest BCUT2D eigenvalue weighted by atomic mass is 32.2. The molecule has 1 N–H and O–H groups in total. The molecule has 11 heteroatoms. The number of benzene rings is 1. The van der Waals surface area contributed by atoms with Crippen LogP contribution in [0.15, 0.2) is 40.6 Å². The zero-order valence-corrected chi connectivity index (χ0v) is 21.7. The maximum absolute atomic E-state index is 13.3. The second-order valence-corrected chi connectivity index (χ2v) is 12.6. The fourth-order valence-corrected chi connectivity index (χ4v) is 7.51. The van der Waals surface area contributed by atoms with E-state index in [0.29, 0.717) is 36.6 Å². The second kappa shape index (κ2) is 9.12. The summed E-state index contributed by atoms with van der Waals surface area (Å²) in [6.45, 7) is 6.42. The highest BCUT2D eigenvalue weighted by Gasteiger charge is 2.34. The van der Waals surface area contributed by atoms with E-state index in [-0.39, 0.29) is 26.1 Å². The number of nitrogens with one attached hydrogen (secondary N) is 1. The summed E-state index contributed by atoms with van der Waals surface area (Å²) in [6.07, 6.45) is 1.11. The maximum Gasteiger partial charge on any atom is 0.268 e. The smallest absolute Gasteiger partial charge is 0.268 e. The van der Waals surface area contributed by atoms with Gasteiger partial charge in [-0.3, -0.25) is 19.2 Å². The first-order valence-corrected chi connectivity index (χ1v) is 13.8. The van der Waals surface area contributed by atoms with Crippen molar-refractivity contribution in [2.75, 3.05) is 23.3 Å². The van der Waals surface area contributed by atoms with Gasteiger partial charge in [0.25, 0.3) is 15.9 Å². The molecule has 1 aliphatic rings. The van der Waals surface area contributed by atoms with E-state index in [2.05, 4.69) is 10.3 Å². The van der Waals surface area contributed by atoms with Crippen LogP contribution in [0.1, 0.15) is 52.2 Å².